The third kappa shape index (κ3) is 4.14. The summed E-state index contributed by atoms with van der Waals surface area (Å²) in [5.41, 5.74) is 6.93. The van der Waals surface area contributed by atoms with E-state index in [4.69, 9.17) is 10.8 Å². The molecule has 1 atom stereocenters. The standard InChI is InChI=1S/C12H20N2OS/c1-16-11-5-3-10(4-6-11)12(9-13)14-7-2-8-15/h3-6,12,14-15H,2,7-9,13H2,1H3. The first kappa shape index (κ1) is 13.5. The van der Waals surface area contributed by atoms with Gasteiger partial charge in [0.15, 0.2) is 0 Å². The second-order valence-electron chi connectivity index (χ2n) is 3.59. The Morgan fingerprint density at radius 2 is 2.06 bits per heavy atom. The van der Waals surface area contributed by atoms with Crippen molar-refractivity contribution in [2.24, 2.45) is 5.73 Å². The molecule has 0 aliphatic heterocycles. The first-order valence-electron chi connectivity index (χ1n) is 5.50. The zero-order chi connectivity index (χ0) is 11.8. The fraction of sp³-hybridized carbons (Fsp3) is 0.500. The Bertz CT molecular complexity index is 290. The number of hydrogen-bond acceptors (Lipinski definition) is 4. The van der Waals surface area contributed by atoms with Gasteiger partial charge in [-0.05, 0) is 36.9 Å². The van der Waals surface area contributed by atoms with Crippen molar-refractivity contribution < 1.29 is 5.11 Å². The topological polar surface area (TPSA) is 58.3 Å². The highest BCUT2D eigenvalue weighted by Crippen LogP contribution is 2.18. The van der Waals surface area contributed by atoms with Crippen LogP contribution in [-0.2, 0) is 0 Å². The summed E-state index contributed by atoms with van der Waals surface area (Å²) >= 11 is 1.73. The normalized spacial score (nSPS) is 12.7. The van der Waals surface area contributed by atoms with Gasteiger partial charge in [-0.15, -0.1) is 11.8 Å². The summed E-state index contributed by atoms with van der Waals surface area (Å²) in [5, 5.41) is 12.0. The molecule has 4 heteroatoms. The van der Waals surface area contributed by atoms with Crippen LogP contribution in [0.2, 0.25) is 0 Å². The number of nitrogens with one attached hydrogen (secondary N) is 1. The minimum absolute atomic E-state index is 0.183. The Kier molecular flexibility index (Phi) is 6.49. The molecule has 0 saturated carbocycles. The van der Waals surface area contributed by atoms with E-state index < -0.39 is 0 Å². The van der Waals surface area contributed by atoms with Crippen molar-refractivity contribution in [3.05, 3.63) is 29.8 Å². The second kappa shape index (κ2) is 7.68. The van der Waals surface area contributed by atoms with E-state index in [2.05, 4.69) is 35.8 Å². The number of hydrogen-bond donors (Lipinski definition) is 3. The lowest BCUT2D eigenvalue weighted by atomic mass is 10.1. The van der Waals surface area contributed by atoms with Crippen LogP contribution in [0.4, 0.5) is 0 Å². The number of nitrogens with two attached hydrogens (primary N) is 1. The summed E-state index contributed by atoms with van der Waals surface area (Å²) < 4.78 is 0. The molecule has 3 nitrogen and oxygen atoms in total. The van der Waals surface area contributed by atoms with Crippen LogP contribution < -0.4 is 11.1 Å². The molecular formula is C12H20N2OS. The van der Waals surface area contributed by atoms with Gasteiger partial charge in [0, 0.05) is 24.1 Å². The van der Waals surface area contributed by atoms with E-state index in [1.165, 1.54) is 10.5 Å². The number of aliphatic hydroxyl groups excluding tert-OH is 1. The lowest BCUT2D eigenvalue weighted by Crippen LogP contribution is -2.29. The highest BCUT2D eigenvalue weighted by Gasteiger charge is 2.07. The van der Waals surface area contributed by atoms with Crippen molar-refractivity contribution in [2.75, 3.05) is 26.0 Å². The molecule has 0 aliphatic carbocycles. The molecule has 1 rings (SSSR count). The highest BCUT2D eigenvalue weighted by molar-refractivity contribution is 7.98. The Labute approximate surface area is 101 Å². The van der Waals surface area contributed by atoms with E-state index in [9.17, 15) is 0 Å². The molecule has 0 spiro atoms. The van der Waals surface area contributed by atoms with Gasteiger partial charge in [-0.3, -0.25) is 0 Å². The molecule has 0 fully saturated rings. The third-order valence-electron chi connectivity index (χ3n) is 2.48. The van der Waals surface area contributed by atoms with Crippen LogP contribution in [0, 0.1) is 0 Å². The number of thioether (sulfide) groups is 1. The maximum atomic E-state index is 8.72. The fourth-order valence-electron chi connectivity index (χ4n) is 1.53. The van der Waals surface area contributed by atoms with Crippen LogP contribution in [-0.4, -0.2) is 31.1 Å². The number of rotatable bonds is 7. The molecule has 16 heavy (non-hydrogen) atoms. The molecule has 0 aromatic heterocycles. The third-order valence-corrected chi connectivity index (χ3v) is 3.22. The van der Waals surface area contributed by atoms with Crippen LogP contribution in [0.3, 0.4) is 0 Å². The summed E-state index contributed by atoms with van der Waals surface area (Å²) in [4.78, 5) is 1.26. The Morgan fingerprint density at radius 3 is 2.56 bits per heavy atom. The Hall–Kier alpha value is -0.550. The maximum Gasteiger partial charge on any atom is 0.0444 e. The number of aliphatic hydroxyl groups is 1. The van der Waals surface area contributed by atoms with E-state index in [0.717, 1.165) is 13.0 Å². The van der Waals surface area contributed by atoms with Crippen LogP contribution in [0.1, 0.15) is 18.0 Å². The van der Waals surface area contributed by atoms with E-state index in [0.29, 0.717) is 6.54 Å². The van der Waals surface area contributed by atoms with Crippen LogP contribution in [0.5, 0.6) is 0 Å². The zero-order valence-corrected chi connectivity index (χ0v) is 10.5. The smallest absolute Gasteiger partial charge is 0.0444 e. The van der Waals surface area contributed by atoms with Crippen molar-refractivity contribution in [3.63, 3.8) is 0 Å². The van der Waals surface area contributed by atoms with Crippen molar-refractivity contribution >= 4 is 11.8 Å². The Morgan fingerprint density at radius 1 is 1.38 bits per heavy atom. The molecule has 0 aliphatic rings. The zero-order valence-electron chi connectivity index (χ0n) is 9.65. The van der Waals surface area contributed by atoms with Gasteiger partial charge in [-0.2, -0.15) is 0 Å². The van der Waals surface area contributed by atoms with Crippen molar-refractivity contribution in [2.45, 2.75) is 17.4 Å². The Balaban J connectivity index is 2.56. The van der Waals surface area contributed by atoms with Gasteiger partial charge in [-0.1, -0.05) is 12.1 Å². The van der Waals surface area contributed by atoms with Crippen LogP contribution >= 0.6 is 11.8 Å². The highest BCUT2D eigenvalue weighted by atomic mass is 32.2. The monoisotopic (exact) mass is 240 g/mol. The second-order valence-corrected chi connectivity index (χ2v) is 4.47. The molecule has 1 aromatic carbocycles. The van der Waals surface area contributed by atoms with Gasteiger partial charge >= 0.3 is 0 Å². The summed E-state index contributed by atoms with van der Waals surface area (Å²) in [6.45, 7) is 1.59. The molecule has 4 N–H and O–H groups in total. The quantitative estimate of drug-likeness (QED) is 0.498. The van der Waals surface area contributed by atoms with Gasteiger partial charge in [0.25, 0.3) is 0 Å². The molecule has 0 radical (unpaired) electrons. The SMILES string of the molecule is CSc1ccc(C(CN)NCCCO)cc1. The van der Waals surface area contributed by atoms with Crippen LogP contribution in [0.25, 0.3) is 0 Å². The lowest BCUT2D eigenvalue weighted by Gasteiger charge is -2.17. The van der Waals surface area contributed by atoms with Crippen LogP contribution in [0.15, 0.2) is 29.2 Å². The maximum absolute atomic E-state index is 8.72. The van der Waals surface area contributed by atoms with E-state index in [-0.39, 0.29) is 12.6 Å². The molecule has 0 bridgehead atoms. The van der Waals surface area contributed by atoms with E-state index in [1.54, 1.807) is 11.8 Å². The van der Waals surface area contributed by atoms with Crippen molar-refractivity contribution in [3.8, 4) is 0 Å². The summed E-state index contributed by atoms with van der Waals surface area (Å²) in [5.74, 6) is 0. The molecule has 1 aromatic rings. The van der Waals surface area contributed by atoms with Crippen molar-refractivity contribution in [1.82, 2.24) is 5.32 Å². The van der Waals surface area contributed by atoms with Gasteiger partial charge in [0.2, 0.25) is 0 Å². The lowest BCUT2D eigenvalue weighted by molar-refractivity contribution is 0.283. The van der Waals surface area contributed by atoms with Crippen molar-refractivity contribution in [1.29, 1.82) is 0 Å². The molecule has 90 valence electrons. The number of benzene rings is 1. The largest absolute Gasteiger partial charge is 0.396 e. The average molecular weight is 240 g/mol. The van der Waals surface area contributed by atoms with Gasteiger partial charge in [-0.25, -0.2) is 0 Å². The minimum Gasteiger partial charge on any atom is -0.396 e. The summed E-state index contributed by atoms with van der Waals surface area (Å²) in [6.07, 6.45) is 2.83. The first-order chi connectivity index (χ1) is 7.81. The molecule has 0 amide bonds. The predicted molar refractivity (Wildman–Crippen MR) is 69.7 cm³/mol. The molecule has 0 saturated heterocycles. The van der Waals surface area contributed by atoms with Gasteiger partial charge in [0.05, 0.1) is 0 Å². The summed E-state index contributed by atoms with van der Waals surface area (Å²) in [6, 6.07) is 8.61. The molecule has 0 heterocycles. The van der Waals surface area contributed by atoms with E-state index >= 15 is 0 Å². The summed E-state index contributed by atoms with van der Waals surface area (Å²) in [7, 11) is 0. The van der Waals surface area contributed by atoms with E-state index in [1.807, 2.05) is 0 Å². The minimum atomic E-state index is 0.183. The first-order valence-corrected chi connectivity index (χ1v) is 6.72. The van der Waals surface area contributed by atoms with Gasteiger partial charge in [0.1, 0.15) is 0 Å². The fourth-order valence-corrected chi connectivity index (χ4v) is 1.94. The average Bonchev–Trinajstić information content (AvgIpc) is 2.35. The van der Waals surface area contributed by atoms with Gasteiger partial charge < -0.3 is 16.2 Å². The molecular weight excluding hydrogens is 220 g/mol. The molecule has 1 unspecified atom stereocenters. The predicted octanol–water partition coefficient (Wildman–Crippen LogP) is 1.38.